The van der Waals surface area contributed by atoms with E-state index in [0.29, 0.717) is 18.1 Å². The van der Waals surface area contributed by atoms with Gasteiger partial charge in [0.25, 0.3) is 5.91 Å². The van der Waals surface area contributed by atoms with Gasteiger partial charge in [0.1, 0.15) is 11.6 Å². The van der Waals surface area contributed by atoms with Crippen LogP contribution in [0.25, 0.3) is 0 Å². The molecule has 130 valence electrons. The van der Waals surface area contributed by atoms with Crippen LogP contribution in [-0.2, 0) is 9.53 Å². The van der Waals surface area contributed by atoms with Crippen LogP contribution in [0.4, 0.5) is 0 Å². The van der Waals surface area contributed by atoms with Crippen LogP contribution in [0.15, 0.2) is 57.0 Å². The highest BCUT2D eigenvalue weighted by Crippen LogP contribution is 2.30. The van der Waals surface area contributed by atoms with Crippen molar-refractivity contribution in [3.05, 3.63) is 52.6 Å². The number of amides is 1. The molecule has 0 radical (unpaired) electrons. The quantitative estimate of drug-likeness (QED) is 0.691. The number of pyridine rings is 1. The first-order valence-electron chi connectivity index (χ1n) is 7.94. The minimum Gasteiger partial charge on any atom is -0.464 e. The Morgan fingerprint density at radius 1 is 1.24 bits per heavy atom. The van der Waals surface area contributed by atoms with Gasteiger partial charge in [-0.2, -0.15) is 0 Å². The molecule has 3 rings (SSSR count). The van der Waals surface area contributed by atoms with Gasteiger partial charge in [0.05, 0.1) is 12.2 Å². The van der Waals surface area contributed by atoms with Crippen molar-refractivity contribution in [1.29, 1.82) is 0 Å². The molecule has 1 aliphatic carbocycles. The summed E-state index contributed by atoms with van der Waals surface area (Å²) in [6.07, 6.45) is 3.95. The highest BCUT2D eigenvalue weighted by atomic mass is 79.9. The van der Waals surface area contributed by atoms with Gasteiger partial charge in [0, 0.05) is 15.6 Å². The molecule has 1 fully saturated rings. The fraction of sp³-hybridized carbons (Fsp3) is 0.278. The van der Waals surface area contributed by atoms with E-state index in [2.05, 4.69) is 26.2 Å². The van der Waals surface area contributed by atoms with E-state index in [1.807, 2.05) is 24.3 Å². The standard InChI is InChI=1S/C18H17BrN2O3S/c19-13-7-8-16(20-9-13)25-15-4-2-1-3-14(15)18(23)21-10-17(22)24-11-12-5-6-12/h1-4,7-9,12H,5-6,10-11H2,(H,21,23). The Balaban J connectivity index is 1.59. The molecule has 1 amide bonds. The van der Waals surface area contributed by atoms with Crippen molar-refractivity contribution in [2.75, 3.05) is 13.2 Å². The predicted octanol–water partition coefficient (Wildman–Crippen LogP) is 3.68. The van der Waals surface area contributed by atoms with Gasteiger partial charge in [-0.1, -0.05) is 23.9 Å². The van der Waals surface area contributed by atoms with Gasteiger partial charge in [-0.25, -0.2) is 4.98 Å². The van der Waals surface area contributed by atoms with Crippen LogP contribution in [0.2, 0.25) is 0 Å². The maximum absolute atomic E-state index is 12.4. The summed E-state index contributed by atoms with van der Waals surface area (Å²) >= 11 is 4.75. The van der Waals surface area contributed by atoms with Gasteiger partial charge >= 0.3 is 5.97 Å². The normalized spacial score (nSPS) is 13.3. The first-order chi connectivity index (χ1) is 12.1. The number of rotatable bonds is 7. The number of hydrogen-bond donors (Lipinski definition) is 1. The molecule has 1 heterocycles. The molecule has 1 saturated carbocycles. The molecule has 2 aromatic rings. The van der Waals surface area contributed by atoms with E-state index in [0.717, 1.165) is 27.2 Å². The minimum atomic E-state index is -0.403. The first kappa shape index (κ1) is 17.9. The largest absolute Gasteiger partial charge is 0.464 e. The van der Waals surface area contributed by atoms with Crippen LogP contribution < -0.4 is 5.32 Å². The Morgan fingerprint density at radius 2 is 2.04 bits per heavy atom. The number of nitrogens with one attached hydrogen (secondary N) is 1. The fourth-order valence-electron chi connectivity index (χ4n) is 2.07. The Morgan fingerprint density at radius 3 is 2.76 bits per heavy atom. The van der Waals surface area contributed by atoms with Gasteiger partial charge in [-0.05, 0) is 59.0 Å². The molecule has 1 aliphatic rings. The maximum Gasteiger partial charge on any atom is 0.325 e. The Kier molecular flexibility index (Phi) is 6.09. The van der Waals surface area contributed by atoms with Crippen LogP contribution in [0.5, 0.6) is 0 Å². The second kappa shape index (κ2) is 8.49. The highest BCUT2D eigenvalue weighted by Gasteiger charge is 2.23. The average molecular weight is 421 g/mol. The van der Waals surface area contributed by atoms with Gasteiger partial charge in [-0.15, -0.1) is 0 Å². The lowest BCUT2D eigenvalue weighted by molar-refractivity contribution is -0.142. The second-order valence-corrected chi connectivity index (χ2v) is 7.70. The number of benzene rings is 1. The fourth-order valence-corrected chi connectivity index (χ4v) is 3.19. The number of aromatic nitrogens is 1. The first-order valence-corrected chi connectivity index (χ1v) is 9.55. The number of hydrogen-bond acceptors (Lipinski definition) is 5. The SMILES string of the molecule is O=C(CNC(=O)c1ccccc1Sc1ccc(Br)cn1)OCC1CC1. The van der Waals surface area contributed by atoms with Crippen LogP contribution in [0.1, 0.15) is 23.2 Å². The molecule has 0 atom stereocenters. The van der Waals surface area contributed by atoms with Gasteiger partial charge in [0.2, 0.25) is 0 Å². The smallest absolute Gasteiger partial charge is 0.325 e. The van der Waals surface area contributed by atoms with Crippen molar-refractivity contribution in [1.82, 2.24) is 10.3 Å². The molecule has 0 aliphatic heterocycles. The van der Waals surface area contributed by atoms with Gasteiger partial charge in [0.15, 0.2) is 0 Å². The van der Waals surface area contributed by atoms with Gasteiger partial charge in [-0.3, -0.25) is 9.59 Å². The Labute approximate surface area is 158 Å². The van der Waals surface area contributed by atoms with E-state index in [9.17, 15) is 9.59 Å². The highest BCUT2D eigenvalue weighted by molar-refractivity contribution is 9.10. The zero-order valence-electron chi connectivity index (χ0n) is 13.4. The van der Waals surface area contributed by atoms with Crippen molar-refractivity contribution in [2.45, 2.75) is 22.8 Å². The van der Waals surface area contributed by atoms with E-state index in [-0.39, 0.29) is 12.5 Å². The molecule has 0 bridgehead atoms. The van der Waals surface area contributed by atoms with E-state index >= 15 is 0 Å². The lowest BCUT2D eigenvalue weighted by Crippen LogP contribution is -2.31. The summed E-state index contributed by atoms with van der Waals surface area (Å²) in [5, 5.41) is 3.41. The average Bonchev–Trinajstić information content (AvgIpc) is 3.45. The molecule has 25 heavy (non-hydrogen) atoms. The summed E-state index contributed by atoms with van der Waals surface area (Å²) in [5.74, 6) is -0.196. The third-order valence-corrected chi connectivity index (χ3v) is 5.11. The predicted molar refractivity (Wildman–Crippen MR) is 98.5 cm³/mol. The molecule has 1 N–H and O–H groups in total. The maximum atomic E-state index is 12.4. The number of esters is 1. The molecular weight excluding hydrogens is 404 g/mol. The third-order valence-electron chi connectivity index (χ3n) is 3.62. The summed E-state index contributed by atoms with van der Waals surface area (Å²) in [6, 6.07) is 11.0. The summed E-state index contributed by atoms with van der Waals surface area (Å²) < 4.78 is 6.01. The third kappa shape index (κ3) is 5.57. The van der Waals surface area contributed by atoms with Crippen LogP contribution >= 0.6 is 27.7 Å². The number of carbonyl (C=O) groups is 2. The lowest BCUT2D eigenvalue weighted by Gasteiger charge is -2.09. The van der Waals surface area contributed by atoms with E-state index < -0.39 is 5.97 Å². The number of halogens is 1. The zero-order chi connectivity index (χ0) is 17.6. The van der Waals surface area contributed by atoms with E-state index in [1.54, 1.807) is 18.3 Å². The molecule has 7 heteroatoms. The molecule has 1 aromatic heterocycles. The Bertz CT molecular complexity index is 763. The number of ether oxygens (including phenoxy) is 1. The van der Waals surface area contributed by atoms with Crippen molar-refractivity contribution in [3.8, 4) is 0 Å². The molecule has 0 unspecified atom stereocenters. The zero-order valence-corrected chi connectivity index (χ0v) is 15.8. The molecule has 1 aromatic carbocycles. The number of carbonyl (C=O) groups excluding carboxylic acids is 2. The summed E-state index contributed by atoms with van der Waals surface area (Å²) in [7, 11) is 0. The monoisotopic (exact) mass is 420 g/mol. The second-order valence-electron chi connectivity index (χ2n) is 5.72. The van der Waals surface area contributed by atoms with E-state index in [1.165, 1.54) is 11.8 Å². The summed E-state index contributed by atoms with van der Waals surface area (Å²) in [6.45, 7) is 0.331. The Hall–Kier alpha value is -1.86. The summed E-state index contributed by atoms with van der Waals surface area (Å²) in [4.78, 5) is 29.2. The molecule has 0 spiro atoms. The van der Waals surface area contributed by atoms with Crippen LogP contribution in [-0.4, -0.2) is 30.0 Å². The van der Waals surface area contributed by atoms with Crippen LogP contribution in [0.3, 0.4) is 0 Å². The van der Waals surface area contributed by atoms with E-state index in [4.69, 9.17) is 4.74 Å². The lowest BCUT2D eigenvalue weighted by atomic mass is 10.2. The molecular formula is C18H17BrN2O3S. The minimum absolute atomic E-state index is 0.124. The summed E-state index contributed by atoms with van der Waals surface area (Å²) in [5.41, 5.74) is 0.507. The van der Waals surface area contributed by atoms with Crippen molar-refractivity contribution < 1.29 is 14.3 Å². The topological polar surface area (TPSA) is 68.3 Å². The van der Waals surface area contributed by atoms with Crippen molar-refractivity contribution >= 4 is 39.6 Å². The number of nitrogens with zero attached hydrogens (tertiary/aromatic N) is 1. The van der Waals surface area contributed by atoms with Crippen LogP contribution in [0, 0.1) is 5.92 Å². The molecule has 5 nitrogen and oxygen atoms in total. The van der Waals surface area contributed by atoms with Crippen molar-refractivity contribution in [2.24, 2.45) is 5.92 Å². The molecule has 0 saturated heterocycles. The van der Waals surface area contributed by atoms with Crippen molar-refractivity contribution in [3.63, 3.8) is 0 Å². The van der Waals surface area contributed by atoms with Gasteiger partial charge < -0.3 is 10.1 Å².